The van der Waals surface area contributed by atoms with Crippen molar-refractivity contribution in [3.63, 3.8) is 0 Å². The molecule has 6 N–H and O–H groups in total. The first kappa shape index (κ1) is 37.6. The van der Waals surface area contributed by atoms with Crippen molar-refractivity contribution in [3.8, 4) is 0 Å². The van der Waals surface area contributed by atoms with Crippen LogP contribution >= 0.6 is 20.2 Å². The molecule has 1 saturated heterocycles. The molecule has 0 spiro atoms. The van der Waals surface area contributed by atoms with Gasteiger partial charge in [-0.2, -0.15) is 63.4 Å². The van der Waals surface area contributed by atoms with Crippen molar-refractivity contribution in [1.29, 1.82) is 0 Å². The quantitative estimate of drug-likeness (QED) is 0.255. The molecule has 0 amide bonds. The molecule has 1 aliphatic heterocycles. The number of nitrogens with zero attached hydrogens (tertiary/aromatic N) is 5. The molecular formula is C22H52Cl4MnN7-5. The van der Waals surface area contributed by atoms with Crippen LogP contribution in [0.15, 0.2) is 0 Å². The van der Waals surface area contributed by atoms with Crippen LogP contribution in [0.25, 0.3) is 26.6 Å². The molecule has 1 saturated carbocycles. The number of quaternary nitrogens is 2. The molecule has 12 heteroatoms. The van der Waals surface area contributed by atoms with E-state index in [-0.39, 0.29) is 42.2 Å². The van der Waals surface area contributed by atoms with Crippen LogP contribution in [0.1, 0.15) is 68.5 Å². The van der Waals surface area contributed by atoms with Gasteiger partial charge in [0.1, 0.15) is 0 Å². The maximum Gasteiger partial charge on any atom is 0.0739 e. The molecule has 2 rings (SSSR count). The Kier molecular flexibility index (Phi) is 30.3. The molecular weight excluding hydrogens is 559 g/mol. The van der Waals surface area contributed by atoms with Crippen molar-refractivity contribution in [2.24, 2.45) is 0 Å². The van der Waals surface area contributed by atoms with Crippen molar-refractivity contribution >= 4 is 20.2 Å². The second kappa shape index (κ2) is 27.4. The molecule has 7 nitrogen and oxygen atoms in total. The number of halogens is 4. The van der Waals surface area contributed by atoms with E-state index in [0.29, 0.717) is 24.2 Å². The van der Waals surface area contributed by atoms with Crippen LogP contribution in [-0.4, -0.2) is 76.5 Å². The minimum absolute atomic E-state index is 0. The summed E-state index contributed by atoms with van der Waals surface area (Å²) in [6.07, 6.45) is 12.0. The largest absolute Gasteiger partial charge is 0.665 e. The first-order valence-corrected chi connectivity index (χ1v) is 15.7. The van der Waals surface area contributed by atoms with Gasteiger partial charge in [0.2, 0.25) is 0 Å². The van der Waals surface area contributed by atoms with Gasteiger partial charge in [-0.15, -0.1) is 0 Å². The zero-order valence-electron chi connectivity index (χ0n) is 20.6. The van der Waals surface area contributed by atoms with Crippen molar-refractivity contribution in [2.75, 3.05) is 52.4 Å². The van der Waals surface area contributed by atoms with E-state index in [1.807, 2.05) is 0 Å². The third-order valence-electron chi connectivity index (χ3n) is 6.16. The van der Waals surface area contributed by atoms with E-state index in [0.717, 1.165) is 65.2 Å². The molecule has 4 atom stereocenters. The summed E-state index contributed by atoms with van der Waals surface area (Å²) in [7, 11) is 9.59. The van der Waals surface area contributed by atoms with Gasteiger partial charge in [-0.05, 0) is 25.7 Å². The van der Waals surface area contributed by atoms with E-state index in [2.05, 4.69) is 16.8 Å². The van der Waals surface area contributed by atoms with Gasteiger partial charge in [-0.1, -0.05) is 38.5 Å². The molecule has 0 unspecified atom stereocenters. The molecule has 215 valence electrons. The molecule has 1 aliphatic carbocycles. The molecule has 34 heavy (non-hydrogen) atoms. The molecule has 0 radical (unpaired) electrons. The van der Waals surface area contributed by atoms with Crippen LogP contribution in [0.4, 0.5) is 0 Å². The molecule has 0 aromatic rings. The second-order valence-corrected chi connectivity index (χ2v) is 10.6. The number of fused-ring (bicyclic) bond motifs is 1. The molecule has 2 fully saturated rings. The van der Waals surface area contributed by atoms with Crippen molar-refractivity contribution < 1.29 is 53.7 Å². The number of hydrogen-bond acceptors (Lipinski definition) is 0. The molecule has 0 bridgehead atoms. The van der Waals surface area contributed by atoms with Gasteiger partial charge < -0.3 is 62.9 Å². The fourth-order valence-electron chi connectivity index (χ4n) is 4.36. The maximum atomic E-state index is 5.14. The summed E-state index contributed by atoms with van der Waals surface area (Å²) in [6.45, 7) is 7.07. The summed E-state index contributed by atoms with van der Waals surface area (Å²) in [6, 6.07) is 1.48. The first-order valence-electron chi connectivity index (χ1n) is 12.5. The summed E-state index contributed by atoms with van der Waals surface area (Å²) < 4.78 is 0. The van der Waals surface area contributed by atoms with Crippen LogP contribution in [0.5, 0.6) is 0 Å². The average Bonchev–Trinajstić information content (AvgIpc) is 2.80. The fourth-order valence-corrected chi connectivity index (χ4v) is 4.36. The van der Waals surface area contributed by atoms with E-state index in [4.69, 9.17) is 41.5 Å². The van der Waals surface area contributed by atoms with E-state index in [1.165, 1.54) is 51.4 Å². The molecule has 0 aromatic heterocycles. The van der Waals surface area contributed by atoms with Gasteiger partial charge in [0.15, 0.2) is 0 Å². The predicted molar refractivity (Wildman–Crippen MR) is 141 cm³/mol. The zero-order chi connectivity index (χ0) is 23.3. The summed E-state index contributed by atoms with van der Waals surface area (Å²) in [5, 5.41) is 24.8. The van der Waals surface area contributed by atoms with Crippen LogP contribution in [0, 0.1) is 0 Å². The van der Waals surface area contributed by atoms with Crippen LogP contribution in [0.2, 0.25) is 0 Å². The number of hydrogen-bond donors (Lipinski definition) is 2. The van der Waals surface area contributed by atoms with Gasteiger partial charge in [0.05, 0.1) is 13.1 Å². The van der Waals surface area contributed by atoms with E-state index in [9.17, 15) is 0 Å². The van der Waals surface area contributed by atoms with Gasteiger partial charge in [0, 0.05) is 4.28 Å². The molecule has 0 aromatic carbocycles. The monoisotopic (exact) mass is 609 g/mol. The van der Waals surface area contributed by atoms with E-state index < -0.39 is 0 Å². The smallest absolute Gasteiger partial charge is 0.0739 e. The van der Waals surface area contributed by atoms with Crippen LogP contribution in [0.3, 0.4) is 0 Å². The van der Waals surface area contributed by atoms with Gasteiger partial charge in [0.25, 0.3) is 0 Å². The Balaban J connectivity index is -0.000000406. The summed E-state index contributed by atoms with van der Waals surface area (Å²) in [5.41, 5.74) is 7.96. The Morgan fingerprint density at radius 1 is 0.676 bits per heavy atom. The Morgan fingerprint density at radius 3 is 1.71 bits per heavy atom. The minimum atomic E-state index is 0. The third kappa shape index (κ3) is 19.5. The average molecular weight is 611 g/mol. The summed E-state index contributed by atoms with van der Waals surface area (Å²) >= 11 is 0.00694. The van der Waals surface area contributed by atoms with Crippen molar-refractivity contribution in [3.05, 3.63) is 26.6 Å². The normalized spacial score (nSPS) is 26.8. The van der Waals surface area contributed by atoms with Crippen molar-refractivity contribution in [2.45, 2.75) is 88.4 Å². The van der Waals surface area contributed by atoms with E-state index >= 15 is 0 Å². The SMILES string of the molecule is [Cl-].[Cl-].[Cl][Mn][Cl].[HH].[HH].[HH].[NH3+]CCCC[C@@H]1C[N-][C@@H](CCCC[NH3+])C[N-][C@@H]2CCCC[C@H]2[N-]CC[N-]CC[N-]1. The topological polar surface area (TPSA) is 126 Å². The maximum absolute atomic E-state index is 5.14. The summed E-state index contributed by atoms with van der Waals surface area (Å²) in [5.74, 6) is 0. The third-order valence-corrected chi connectivity index (χ3v) is 6.16. The molecule has 2 aliphatic rings. The van der Waals surface area contributed by atoms with Crippen LogP contribution < -0.4 is 36.3 Å². The van der Waals surface area contributed by atoms with E-state index in [1.54, 1.807) is 0 Å². The predicted octanol–water partition coefficient (Wildman–Crippen LogP) is -1.14. The van der Waals surface area contributed by atoms with Crippen LogP contribution in [-0.2, 0) is 13.1 Å². The Bertz CT molecular complexity index is 434. The Labute approximate surface area is 240 Å². The second-order valence-electron chi connectivity index (χ2n) is 8.69. The number of rotatable bonds is 8. The summed E-state index contributed by atoms with van der Waals surface area (Å²) in [4.78, 5) is 0. The minimum Gasteiger partial charge on any atom is -0.665 e. The number of unbranched alkanes of at least 4 members (excludes halogenated alkanes) is 2. The fraction of sp³-hybridized carbons (Fsp3) is 1.00. The van der Waals surface area contributed by atoms with Gasteiger partial charge >= 0.3 is 33.3 Å². The Hall–Kier alpha value is 1.40. The standard InChI is InChI=1S/C22H44N7.4ClH.Mn.3H2/c23-11-5-3-7-19-17-28-20(8-4-6-12-24)18-29-22-10-2-1-9-21(22)27-16-14-25-13-15-26-19;;;;;;;;/h19-22H,1-18,23-24H2;4*1H;;3*1H/q-5;;;;;+2;;;/p-2/t19-,20+,21-,22-;;;;;;;;/m1......../s1. The Morgan fingerprint density at radius 2 is 1.15 bits per heavy atom. The van der Waals surface area contributed by atoms with Crippen molar-refractivity contribution in [1.82, 2.24) is 0 Å². The van der Waals surface area contributed by atoms with Gasteiger partial charge in [-0.25, -0.2) is 0 Å². The molecule has 1 heterocycles. The van der Waals surface area contributed by atoms with Gasteiger partial charge in [-0.3, -0.25) is 0 Å². The zero-order valence-corrected chi connectivity index (χ0v) is 24.8. The first-order chi connectivity index (χ1) is 15.7.